The molecule has 2 aromatic carbocycles. The van der Waals surface area contributed by atoms with Crippen molar-refractivity contribution in [1.29, 1.82) is 0 Å². The van der Waals surface area contributed by atoms with Crippen molar-refractivity contribution >= 4 is 0 Å². The molecule has 0 spiro atoms. The minimum atomic E-state index is -0.540. The molecular weight excluding hydrogens is 232 g/mol. The first-order chi connectivity index (χ1) is 8.99. The van der Waals surface area contributed by atoms with E-state index in [2.05, 4.69) is 39.0 Å². The molecule has 0 heterocycles. The summed E-state index contributed by atoms with van der Waals surface area (Å²) < 4.78 is 0. The van der Waals surface area contributed by atoms with E-state index in [1.54, 1.807) is 0 Å². The average Bonchev–Trinajstić information content (AvgIpc) is 2.38. The van der Waals surface area contributed by atoms with E-state index in [4.69, 9.17) is 0 Å². The maximum Gasteiger partial charge on any atom is 0.104 e. The monoisotopic (exact) mass is 254 g/mol. The second kappa shape index (κ2) is 5.58. The van der Waals surface area contributed by atoms with Gasteiger partial charge in [-0.25, -0.2) is 0 Å². The Morgan fingerprint density at radius 3 is 1.95 bits per heavy atom. The fraction of sp³-hybridized carbons (Fsp3) is 0.333. The minimum Gasteiger partial charge on any atom is -0.384 e. The van der Waals surface area contributed by atoms with Crippen LogP contribution in [0.15, 0.2) is 42.5 Å². The summed E-state index contributed by atoms with van der Waals surface area (Å²) in [7, 11) is 0. The molecule has 0 saturated carbocycles. The van der Waals surface area contributed by atoms with E-state index < -0.39 is 6.10 Å². The molecule has 1 N–H and O–H groups in total. The van der Waals surface area contributed by atoms with Crippen molar-refractivity contribution in [3.05, 3.63) is 70.3 Å². The first-order valence-corrected chi connectivity index (χ1v) is 6.84. The third kappa shape index (κ3) is 3.05. The van der Waals surface area contributed by atoms with Gasteiger partial charge in [-0.1, -0.05) is 61.9 Å². The van der Waals surface area contributed by atoms with Crippen LogP contribution in [0.3, 0.4) is 0 Å². The molecule has 19 heavy (non-hydrogen) atoms. The third-order valence-corrected chi connectivity index (χ3v) is 3.64. The van der Waals surface area contributed by atoms with Crippen LogP contribution in [-0.2, 0) is 0 Å². The topological polar surface area (TPSA) is 20.2 Å². The summed E-state index contributed by atoms with van der Waals surface area (Å²) in [6, 6.07) is 14.4. The largest absolute Gasteiger partial charge is 0.384 e. The fourth-order valence-corrected chi connectivity index (χ4v) is 2.38. The molecule has 1 atom stereocenters. The highest BCUT2D eigenvalue weighted by molar-refractivity contribution is 5.38. The first kappa shape index (κ1) is 13.8. The van der Waals surface area contributed by atoms with Gasteiger partial charge in [-0.05, 0) is 42.0 Å². The lowest BCUT2D eigenvalue weighted by Crippen LogP contribution is -2.02. The number of hydrogen-bond donors (Lipinski definition) is 1. The maximum absolute atomic E-state index is 10.5. The molecule has 0 aromatic heterocycles. The molecule has 2 aromatic rings. The lowest BCUT2D eigenvalue weighted by molar-refractivity contribution is 0.219. The molecule has 0 saturated heterocycles. The van der Waals surface area contributed by atoms with Gasteiger partial charge in [-0.3, -0.25) is 0 Å². The SMILES string of the molecule is Cc1ccc(C(O)c2ccc(C(C)C)cc2)c(C)c1. The van der Waals surface area contributed by atoms with Crippen molar-refractivity contribution in [2.75, 3.05) is 0 Å². The average molecular weight is 254 g/mol. The fourth-order valence-electron chi connectivity index (χ4n) is 2.38. The molecule has 0 aliphatic heterocycles. The van der Waals surface area contributed by atoms with Crippen LogP contribution in [0, 0.1) is 13.8 Å². The Balaban J connectivity index is 2.30. The molecule has 2 rings (SSSR count). The van der Waals surface area contributed by atoms with Crippen molar-refractivity contribution in [3.63, 3.8) is 0 Å². The molecule has 0 amide bonds. The van der Waals surface area contributed by atoms with Crippen molar-refractivity contribution in [2.45, 2.75) is 39.7 Å². The highest BCUT2D eigenvalue weighted by Gasteiger charge is 2.13. The van der Waals surface area contributed by atoms with E-state index in [0.717, 1.165) is 16.7 Å². The van der Waals surface area contributed by atoms with Gasteiger partial charge >= 0.3 is 0 Å². The summed E-state index contributed by atoms with van der Waals surface area (Å²) in [5.41, 5.74) is 5.61. The zero-order valence-corrected chi connectivity index (χ0v) is 12.1. The quantitative estimate of drug-likeness (QED) is 0.854. The molecule has 100 valence electrons. The second-order valence-electron chi connectivity index (χ2n) is 5.58. The van der Waals surface area contributed by atoms with E-state index in [1.165, 1.54) is 11.1 Å². The van der Waals surface area contributed by atoms with Gasteiger partial charge in [0.1, 0.15) is 6.10 Å². The van der Waals surface area contributed by atoms with Gasteiger partial charge in [0.15, 0.2) is 0 Å². The lowest BCUT2D eigenvalue weighted by Gasteiger charge is -2.16. The highest BCUT2D eigenvalue weighted by atomic mass is 16.3. The standard InChI is InChI=1S/C18H22O/c1-12(2)15-6-8-16(9-7-15)18(19)17-10-5-13(3)11-14(17)4/h5-12,18-19H,1-4H3. The third-order valence-electron chi connectivity index (χ3n) is 3.64. The van der Waals surface area contributed by atoms with Crippen LogP contribution in [0.1, 0.15) is 53.7 Å². The summed E-state index contributed by atoms with van der Waals surface area (Å²) in [6.07, 6.45) is -0.540. The van der Waals surface area contributed by atoms with Crippen molar-refractivity contribution < 1.29 is 5.11 Å². The molecule has 0 bridgehead atoms. The van der Waals surface area contributed by atoms with Crippen molar-refractivity contribution in [1.82, 2.24) is 0 Å². The number of hydrogen-bond acceptors (Lipinski definition) is 1. The van der Waals surface area contributed by atoms with Gasteiger partial charge in [0.2, 0.25) is 0 Å². The van der Waals surface area contributed by atoms with Crippen molar-refractivity contribution in [3.8, 4) is 0 Å². The van der Waals surface area contributed by atoms with Crippen LogP contribution < -0.4 is 0 Å². The van der Waals surface area contributed by atoms with Crippen LogP contribution in [0.4, 0.5) is 0 Å². The van der Waals surface area contributed by atoms with E-state index in [9.17, 15) is 5.11 Å². The highest BCUT2D eigenvalue weighted by Crippen LogP contribution is 2.26. The Kier molecular flexibility index (Phi) is 4.06. The molecule has 1 heteroatoms. The van der Waals surface area contributed by atoms with Crippen LogP contribution in [0.5, 0.6) is 0 Å². The van der Waals surface area contributed by atoms with Crippen LogP contribution in [-0.4, -0.2) is 5.11 Å². The van der Waals surface area contributed by atoms with Crippen LogP contribution in [0.2, 0.25) is 0 Å². The van der Waals surface area contributed by atoms with E-state index in [0.29, 0.717) is 5.92 Å². The predicted molar refractivity (Wildman–Crippen MR) is 80.5 cm³/mol. The summed E-state index contributed by atoms with van der Waals surface area (Å²) in [4.78, 5) is 0. The van der Waals surface area contributed by atoms with E-state index >= 15 is 0 Å². The van der Waals surface area contributed by atoms with E-state index in [1.807, 2.05) is 31.2 Å². The summed E-state index contributed by atoms with van der Waals surface area (Å²) >= 11 is 0. The second-order valence-corrected chi connectivity index (χ2v) is 5.58. The zero-order valence-electron chi connectivity index (χ0n) is 12.1. The normalized spacial score (nSPS) is 12.7. The predicted octanol–water partition coefficient (Wildman–Crippen LogP) is 4.51. The van der Waals surface area contributed by atoms with Gasteiger partial charge in [0.05, 0.1) is 0 Å². The Hall–Kier alpha value is -1.60. The van der Waals surface area contributed by atoms with Gasteiger partial charge in [0.25, 0.3) is 0 Å². The summed E-state index contributed by atoms with van der Waals surface area (Å²) in [5, 5.41) is 10.5. The first-order valence-electron chi connectivity index (χ1n) is 6.84. The van der Waals surface area contributed by atoms with Crippen LogP contribution in [0.25, 0.3) is 0 Å². The number of aliphatic hydroxyl groups excluding tert-OH is 1. The van der Waals surface area contributed by atoms with Gasteiger partial charge in [0, 0.05) is 0 Å². The molecule has 0 fully saturated rings. The molecule has 1 unspecified atom stereocenters. The minimum absolute atomic E-state index is 0.521. The van der Waals surface area contributed by atoms with E-state index in [-0.39, 0.29) is 0 Å². The molecule has 0 radical (unpaired) electrons. The molecule has 0 aliphatic rings. The smallest absolute Gasteiger partial charge is 0.104 e. The summed E-state index contributed by atoms with van der Waals surface area (Å²) in [5.74, 6) is 0.521. The van der Waals surface area contributed by atoms with Gasteiger partial charge in [-0.2, -0.15) is 0 Å². The maximum atomic E-state index is 10.5. The Morgan fingerprint density at radius 2 is 1.42 bits per heavy atom. The Morgan fingerprint density at radius 1 is 0.842 bits per heavy atom. The van der Waals surface area contributed by atoms with Gasteiger partial charge < -0.3 is 5.11 Å². The Bertz CT molecular complexity index is 552. The number of benzene rings is 2. The Labute approximate surface area is 115 Å². The molecule has 0 aliphatic carbocycles. The molecule has 1 nitrogen and oxygen atoms in total. The zero-order chi connectivity index (χ0) is 14.0. The summed E-state index contributed by atoms with van der Waals surface area (Å²) in [6.45, 7) is 8.47. The lowest BCUT2D eigenvalue weighted by atomic mass is 9.94. The van der Waals surface area contributed by atoms with Gasteiger partial charge in [-0.15, -0.1) is 0 Å². The number of rotatable bonds is 3. The number of aliphatic hydroxyl groups is 1. The number of aryl methyl sites for hydroxylation is 2. The van der Waals surface area contributed by atoms with Crippen molar-refractivity contribution in [2.24, 2.45) is 0 Å². The van der Waals surface area contributed by atoms with Crippen LogP contribution >= 0.6 is 0 Å². The molecular formula is C18H22O.